The van der Waals surface area contributed by atoms with Gasteiger partial charge in [0, 0.05) is 16.0 Å². The van der Waals surface area contributed by atoms with Gasteiger partial charge in [0.2, 0.25) is 5.91 Å². The van der Waals surface area contributed by atoms with Crippen LogP contribution in [0.3, 0.4) is 0 Å². The summed E-state index contributed by atoms with van der Waals surface area (Å²) in [7, 11) is 0. The van der Waals surface area contributed by atoms with Crippen molar-refractivity contribution < 1.29 is 4.79 Å². The van der Waals surface area contributed by atoms with Crippen molar-refractivity contribution >= 4 is 55.7 Å². The Balaban J connectivity index is 1.51. The maximum Gasteiger partial charge on any atom is 0.234 e. The lowest BCUT2D eigenvalue weighted by Crippen LogP contribution is -2.14. The predicted octanol–water partition coefficient (Wildman–Crippen LogP) is 5.50. The Hall–Kier alpha value is -2.44. The first kappa shape index (κ1) is 17.9. The van der Waals surface area contributed by atoms with Crippen molar-refractivity contribution in [2.45, 2.75) is 25.8 Å². The number of nitrogens with one attached hydrogen (secondary N) is 1. The number of carbonyl (C=O) groups excluding carboxylic acids is 1. The van der Waals surface area contributed by atoms with Crippen LogP contribution in [0.2, 0.25) is 0 Å². The summed E-state index contributed by atoms with van der Waals surface area (Å²) in [5, 5.41) is 7.22. The van der Waals surface area contributed by atoms with Gasteiger partial charge in [-0.25, -0.2) is 9.97 Å². The number of thioether (sulfide) groups is 1. The van der Waals surface area contributed by atoms with Crippen molar-refractivity contribution in [1.29, 1.82) is 0 Å². The second kappa shape index (κ2) is 7.29. The van der Waals surface area contributed by atoms with Gasteiger partial charge in [0.05, 0.1) is 5.75 Å². The molecule has 4 nitrogen and oxygen atoms in total. The summed E-state index contributed by atoms with van der Waals surface area (Å²) in [6.07, 6.45) is 0. The van der Waals surface area contributed by atoms with E-state index in [1.54, 1.807) is 11.3 Å². The number of anilines is 1. The number of carbonyl (C=O) groups is 1. The van der Waals surface area contributed by atoms with Gasteiger partial charge >= 0.3 is 0 Å². The summed E-state index contributed by atoms with van der Waals surface area (Å²) < 4.78 is 0. The Bertz CT molecular complexity index is 1170. The first-order valence-electron chi connectivity index (χ1n) is 8.67. The topological polar surface area (TPSA) is 54.9 Å². The van der Waals surface area contributed by atoms with E-state index >= 15 is 0 Å². The maximum absolute atomic E-state index is 12.5. The number of amides is 1. The van der Waals surface area contributed by atoms with E-state index in [0.29, 0.717) is 5.75 Å². The summed E-state index contributed by atoms with van der Waals surface area (Å²) >= 11 is 3.15. The lowest BCUT2D eigenvalue weighted by molar-refractivity contribution is -0.113. The minimum absolute atomic E-state index is 0.0377. The first-order valence-corrected chi connectivity index (χ1v) is 10.5. The first-order chi connectivity index (χ1) is 13.0. The van der Waals surface area contributed by atoms with Gasteiger partial charge in [0.15, 0.2) is 0 Å². The number of hydrogen-bond acceptors (Lipinski definition) is 5. The van der Waals surface area contributed by atoms with Gasteiger partial charge in [-0.15, -0.1) is 11.3 Å². The van der Waals surface area contributed by atoms with E-state index < -0.39 is 0 Å². The van der Waals surface area contributed by atoms with E-state index in [4.69, 9.17) is 0 Å². The molecule has 1 amide bonds. The number of nitrogens with zero attached hydrogens (tertiary/aromatic N) is 2. The van der Waals surface area contributed by atoms with E-state index in [1.807, 2.05) is 43.3 Å². The number of aryl methyl sites for hydroxylation is 3. The highest BCUT2D eigenvalue weighted by Crippen LogP contribution is 2.35. The highest BCUT2D eigenvalue weighted by atomic mass is 32.2. The molecular weight excluding hydrogens is 374 g/mol. The van der Waals surface area contributed by atoms with Crippen LogP contribution in [0.5, 0.6) is 0 Å². The van der Waals surface area contributed by atoms with Crippen LogP contribution in [0.25, 0.3) is 21.0 Å². The monoisotopic (exact) mass is 393 g/mol. The maximum atomic E-state index is 12.5. The zero-order valence-corrected chi connectivity index (χ0v) is 17.0. The van der Waals surface area contributed by atoms with Gasteiger partial charge in [0.25, 0.3) is 0 Å². The van der Waals surface area contributed by atoms with Gasteiger partial charge < -0.3 is 5.32 Å². The predicted molar refractivity (Wildman–Crippen MR) is 115 cm³/mol. The Morgan fingerprint density at radius 2 is 1.85 bits per heavy atom. The van der Waals surface area contributed by atoms with E-state index in [9.17, 15) is 4.79 Å². The molecule has 4 aromatic rings. The van der Waals surface area contributed by atoms with Crippen molar-refractivity contribution in [1.82, 2.24) is 9.97 Å². The molecule has 4 rings (SSSR count). The highest BCUT2D eigenvalue weighted by Gasteiger charge is 2.15. The molecule has 0 aliphatic rings. The number of aromatic nitrogens is 2. The van der Waals surface area contributed by atoms with Crippen LogP contribution in [0, 0.1) is 20.8 Å². The van der Waals surface area contributed by atoms with Crippen LogP contribution in [0.1, 0.15) is 16.3 Å². The van der Waals surface area contributed by atoms with Crippen molar-refractivity contribution in [3.05, 3.63) is 58.7 Å². The van der Waals surface area contributed by atoms with Crippen LogP contribution in [0.15, 0.2) is 47.5 Å². The van der Waals surface area contributed by atoms with Crippen LogP contribution in [-0.4, -0.2) is 21.6 Å². The summed E-state index contributed by atoms with van der Waals surface area (Å²) in [5.74, 6) is 1.01. The number of benzene rings is 2. The second-order valence-corrected chi connectivity index (χ2v) is 8.61. The molecule has 2 heterocycles. The molecule has 0 radical (unpaired) electrons. The molecule has 2 aromatic heterocycles. The fourth-order valence-corrected chi connectivity index (χ4v) is 5.09. The fourth-order valence-electron chi connectivity index (χ4n) is 3.02. The van der Waals surface area contributed by atoms with E-state index in [2.05, 4.69) is 35.2 Å². The summed E-state index contributed by atoms with van der Waals surface area (Å²) in [5.41, 5.74) is 2.01. The van der Waals surface area contributed by atoms with Gasteiger partial charge in [-0.1, -0.05) is 42.1 Å². The minimum Gasteiger partial charge on any atom is -0.325 e. The molecule has 0 unspecified atom stereocenters. The molecular formula is C21H19N3OS2. The molecule has 136 valence electrons. The molecule has 0 fully saturated rings. The summed E-state index contributed by atoms with van der Waals surface area (Å²) in [4.78, 5) is 23.8. The lowest BCUT2D eigenvalue weighted by Gasteiger charge is -2.08. The molecule has 0 saturated heterocycles. The van der Waals surface area contributed by atoms with Crippen molar-refractivity contribution in [2.75, 3.05) is 11.1 Å². The van der Waals surface area contributed by atoms with E-state index in [0.717, 1.165) is 37.5 Å². The van der Waals surface area contributed by atoms with E-state index in [1.165, 1.54) is 22.2 Å². The molecule has 0 saturated carbocycles. The third-order valence-corrected chi connectivity index (χ3v) is 6.56. The molecule has 27 heavy (non-hydrogen) atoms. The number of thiophene rings is 1. The number of rotatable bonds is 4. The lowest BCUT2D eigenvalue weighted by atomic mass is 10.1. The van der Waals surface area contributed by atoms with Crippen molar-refractivity contribution in [3.8, 4) is 0 Å². The zero-order valence-electron chi connectivity index (χ0n) is 15.4. The number of fused-ring (bicyclic) bond motifs is 2. The summed E-state index contributed by atoms with van der Waals surface area (Å²) in [6.45, 7) is 6.08. The van der Waals surface area contributed by atoms with Gasteiger partial charge in [-0.2, -0.15) is 0 Å². The van der Waals surface area contributed by atoms with Crippen LogP contribution in [-0.2, 0) is 4.79 Å². The minimum atomic E-state index is -0.0377. The molecule has 0 aliphatic carbocycles. The van der Waals surface area contributed by atoms with Gasteiger partial charge in [-0.3, -0.25) is 4.79 Å². The van der Waals surface area contributed by atoms with Gasteiger partial charge in [0.1, 0.15) is 15.7 Å². The largest absolute Gasteiger partial charge is 0.325 e. The Morgan fingerprint density at radius 3 is 2.67 bits per heavy atom. The molecule has 6 heteroatoms. The normalized spacial score (nSPS) is 11.2. The molecule has 0 bridgehead atoms. The third kappa shape index (κ3) is 3.68. The smallest absolute Gasteiger partial charge is 0.234 e. The van der Waals surface area contributed by atoms with Crippen molar-refractivity contribution in [2.24, 2.45) is 0 Å². The molecule has 2 aromatic carbocycles. The quantitative estimate of drug-likeness (QED) is 0.367. The SMILES string of the molecule is Cc1nc(SCC(=O)Nc2ccc3ccccc3c2)c2c(C)c(C)sc2n1. The molecule has 0 atom stereocenters. The van der Waals surface area contributed by atoms with Crippen LogP contribution < -0.4 is 5.32 Å². The van der Waals surface area contributed by atoms with Crippen LogP contribution >= 0.6 is 23.1 Å². The average molecular weight is 394 g/mol. The molecule has 0 aliphatic heterocycles. The summed E-state index contributed by atoms with van der Waals surface area (Å²) in [6, 6.07) is 14.1. The number of hydrogen-bond donors (Lipinski definition) is 1. The average Bonchev–Trinajstić information content (AvgIpc) is 2.93. The second-order valence-electron chi connectivity index (χ2n) is 6.44. The van der Waals surface area contributed by atoms with Crippen molar-refractivity contribution in [3.63, 3.8) is 0 Å². The van der Waals surface area contributed by atoms with E-state index in [-0.39, 0.29) is 5.91 Å². The Labute approximate surface area is 166 Å². The Morgan fingerprint density at radius 1 is 1.07 bits per heavy atom. The standard InChI is InChI=1S/C21H19N3OS2/c1-12-13(2)27-21-19(12)20(22-14(3)23-21)26-11-18(25)24-17-9-8-15-6-4-5-7-16(15)10-17/h4-10H,11H2,1-3H3,(H,24,25). The van der Waals surface area contributed by atoms with Gasteiger partial charge in [-0.05, 0) is 49.2 Å². The van der Waals surface area contributed by atoms with Crippen LogP contribution in [0.4, 0.5) is 5.69 Å². The zero-order chi connectivity index (χ0) is 19.0. The fraction of sp³-hybridized carbons (Fsp3) is 0.190. The third-order valence-electron chi connectivity index (χ3n) is 4.48. The highest BCUT2D eigenvalue weighted by molar-refractivity contribution is 8.00. The Kier molecular flexibility index (Phi) is 4.85. The molecule has 0 spiro atoms. The molecule has 1 N–H and O–H groups in total.